The molecule has 1 heteroatoms. The molecule has 0 spiro atoms. The molecule has 0 N–H and O–H groups in total. The highest BCUT2D eigenvalue weighted by Gasteiger charge is 1.90. The highest BCUT2D eigenvalue weighted by Crippen LogP contribution is 2.12. The van der Waals surface area contributed by atoms with Crippen LogP contribution in [0, 0.1) is 0 Å². The van der Waals surface area contributed by atoms with Gasteiger partial charge in [0.1, 0.15) is 0 Å². The van der Waals surface area contributed by atoms with Gasteiger partial charge in [0.15, 0.2) is 0 Å². The summed E-state index contributed by atoms with van der Waals surface area (Å²) in [5.41, 5.74) is 2.18. The lowest BCUT2D eigenvalue weighted by Gasteiger charge is -1.97. The molecule has 1 aromatic rings. The van der Waals surface area contributed by atoms with Crippen molar-refractivity contribution < 1.29 is 0 Å². The Morgan fingerprint density at radius 3 is 2.50 bits per heavy atom. The van der Waals surface area contributed by atoms with Gasteiger partial charge < -0.3 is 0 Å². The van der Waals surface area contributed by atoms with Crippen LogP contribution in [-0.2, 0) is 0 Å². The summed E-state index contributed by atoms with van der Waals surface area (Å²) in [6, 6.07) is 10.2. The lowest BCUT2D eigenvalue weighted by Crippen LogP contribution is -1.76. The molecule has 0 unspecified atom stereocenters. The molecule has 18 heavy (non-hydrogen) atoms. The molecule has 0 atom stereocenters. The van der Waals surface area contributed by atoms with Crippen LogP contribution in [0.1, 0.15) is 18.4 Å². The molecule has 0 amide bonds. The van der Waals surface area contributed by atoms with Gasteiger partial charge in [0.05, 0.1) is 0 Å². The van der Waals surface area contributed by atoms with Gasteiger partial charge in [-0.05, 0) is 30.7 Å². The van der Waals surface area contributed by atoms with Crippen LogP contribution in [0.15, 0.2) is 78.5 Å². The zero-order valence-electron chi connectivity index (χ0n) is 10.6. The van der Waals surface area contributed by atoms with Crippen molar-refractivity contribution in [2.24, 2.45) is 4.99 Å². The van der Waals surface area contributed by atoms with Gasteiger partial charge in [0, 0.05) is 6.20 Å². The number of rotatable bonds is 7. The van der Waals surface area contributed by atoms with E-state index in [1.807, 2.05) is 42.5 Å². The molecule has 0 saturated heterocycles. The summed E-state index contributed by atoms with van der Waals surface area (Å²) in [5, 5.41) is 0. The fourth-order valence-electron chi connectivity index (χ4n) is 1.44. The lowest BCUT2D eigenvalue weighted by molar-refractivity contribution is 1.05. The van der Waals surface area contributed by atoms with Gasteiger partial charge in [0.2, 0.25) is 0 Å². The molecule has 0 saturated carbocycles. The zero-order chi connectivity index (χ0) is 13.1. The van der Waals surface area contributed by atoms with E-state index in [-0.39, 0.29) is 0 Å². The molecule has 1 nitrogen and oxygen atoms in total. The van der Waals surface area contributed by atoms with Crippen molar-refractivity contribution in [2.75, 3.05) is 0 Å². The third kappa shape index (κ3) is 5.80. The summed E-state index contributed by atoms with van der Waals surface area (Å²) >= 11 is 0. The van der Waals surface area contributed by atoms with Gasteiger partial charge in [-0.1, -0.05) is 67.3 Å². The smallest absolute Gasteiger partial charge is 0.0220 e. The number of nitrogens with zero attached hydrogens (tertiary/aromatic N) is 1. The second-order valence-electron chi connectivity index (χ2n) is 3.82. The van der Waals surface area contributed by atoms with Crippen molar-refractivity contribution in [3.05, 3.63) is 79.1 Å². The van der Waals surface area contributed by atoms with Gasteiger partial charge in [-0.3, -0.25) is 4.99 Å². The van der Waals surface area contributed by atoms with E-state index in [9.17, 15) is 0 Å². The van der Waals surface area contributed by atoms with Gasteiger partial charge in [-0.15, -0.1) is 0 Å². The average Bonchev–Trinajstić information content (AvgIpc) is 2.42. The number of aliphatic imine (C=N–C) groups is 1. The number of hydrogen-bond acceptors (Lipinski definition) is 1. The molecular formula is C17H19N. The highest BCUT2D eigenvalue weighted by atomic mass is 14.6. The molecule has 92 valence electrons. The van der Waals surface area contributed by atoms with Crippen molar-refractivity contribution in [1.29, 1.82) is 0 Å². The van der Waals surface area contributed by atoms with Crippen LogP contribution in [0.25, 0.3) is 5.57 Å². The van der Waals surface area contributed by atoms with E-state index in [2.05, 4.69) is 36.5 Å². The average molecular weight is 237 g/mol. The molecule has 0 aromatic heterocycles. The Morgan fingerprint density at radius 1 is 1.06 bits per heavy atom. The molecule has 0 radical (unpaired) electrons. The highest BCUT2D eigenvalue weighted by molar-refractivity contribution is 5.72. The summed E-state index contributed by atoms with van der Waals surface area (Å²) in [6.07, 6.45) is 13.9. The summed E-state index contributed by atoms with van der Waals surface area (Å²) in [4.78, 5) is 3.65. The minimum absolute atomic E-state index is 0.989. The molecule has 1 rings (SSSR count). The van der Waals surface area contributed by atoms with Crippen LogP contribution in [0.3, 0.4) is 0 Å². The predicted molar refractivity (Wildman–Crippen MR) is 81.7 cm³/mol. The Bertz CT molecular complexity index is 450. The summed E-state index contributed by atoms with van der Waals surface area (Å²) in [5.74, 6) is 0. The SMILES string of the molecule is C=N/C=C\CC/C=C/C=C/C(=C)c1ccccc1. The number of allylic oxidation sites excluding steroid dienone is 6. The molecule has 0 heterocycles. The normalized spacial score (nSPS) is 11.6. The molecular weight excluding hydrogens is 218 g/mol. The summed E-state index contributed by atoms with van der Waals surface area (Å²) in [7, 11) is 0. The largest absolute Gasteiger partial charge is 0.273 e. The number of unbranched alkanes of at least 4 members (excludes halogenated alkanes) is 1. The first-order valence-corrected chi connectivity index (χ1v) is 6.03. The van der Waals surface area contributed by atoms with E-state index in [1.54, 1.807) is 6.20 Å². The van der Waals surface area contributed by atoms with Crippen LogP contribution in [-0.4, -0.2) is 6.72 Å². The van der Waals surface area contributed by atoms with Crippen molar-refractivity contribution >= 4 is 12.3 Å². The maximum absolute atomic E-state index is 4.03. The van der Waals surface area contributed by atoms with Crippen LogP contribution in [0.2, 0.25) is 0 Å². The van der Waals surface area contributed by atoms with Gasteiger partial charge in [-0.25, -0.2) is 0 Å². The van der Waals surface area contributed by atoms with Gasteiger partial charge in [-0.2, -0.15) is 0 Å². The van der Waals surface area contributed by atoms with Crippen LogP contribution >= 0.6 is 0 Å². The third-order valence-corrected chi connectivity index (χ3v) is 2.40. The third-order valence-electron chi connectivity index (χ3n) is 2.40. The minimum atomic E-state index is 0.989. The monoisotopic (exact) mass is 237 g/mol. The van der Waals surface area contributed by atoms with Crippen LogP contribution in [0.4, 0.5) is 0 Å². The molecule has 0 aliphatic rings. The second kappa shape index (κ2) is 8.94. The minimum Gasteiger partial charge on any atom is -0.273 e. The van der Waals surface area contributed by atoms with Crippen molar-refractivity contribution in [3.8, 4) is 0 Å². The molecule has 0 aliphatic heterocycles. The van der Waals surface area contributed by atoms with Crippen molar-refractivity contribution in [2.45, 2.75) is 12.8 Å². The topological polar surface area (TPSA) is 12.4 Å². The maximum Gasteiger partial charge on any atom is 0.0220 e. The van der Waals surface area contributed by atoms with E-state index >= 15 is 0 Å². The van der Waals surface area contributed by atoms with E-state index in [0.717, 1.165) is 24.0 Å². The first-order valence-electron chi connectivity index (χ1n) is 6.03. The van der Waals surface area contributed by atoms with Crippen molar-refractivity contribution in [1.82, 2.24) is 0 Å². The molecule has 0 fully saturated rings. The van der Waals surface area contributed by atoms with Crippen molar-refractivity contribution in [3.63, 3.8) is 0 Å². The van der Waals surface area contributed by atoms with Gasteiger partial charge in [0.25, 0.3) is 0 Å². The van der Waals surface area contributed by atoms with E-state index in [1.165, 1.54) is 0 Å². The summed E-state index contributed by atoms with van der Waals surface area (Å²) in [6.45, 7) is 7.41. The standard InChI is InChI=1S/C17H19N/c1-16(17-13-9-7-10-14-17)12-8-5-3-4-6-11-15-18-2/h3,5,7-15H,1-2,4,6H2/b5-3+,12-8+,15-11-. The predicted octanol–water partition coefficient (Wildman–Crippen LogP) is 4.81. The molecule has 0 bridgehead atoms. The fraction of sp³-hybridized carbons (Fsp3) is 0.118. The number of benzene rings is 1. The second-order valence-corrected chi connectivity index (χ2v) is 3.82. The lowest BCUT2D eigenvalue weighted by atomic mass is 10.1. The summed E-state index contributed by atoms with van der Waals surface area (Å²) < 4.78 is 0. The Balaban J connectivity index is 2.32. The number of hydrogen-bond donors (Lipinski definition) is 0. The first kappa shape index (κ1) is 13.9. The van der Waals surface area contributed by atoms with Gasteiger partial charge >= 0.3 is 0 Å². The Hall–Kier alpha value is -2.15. The Labute approximate surface area is 110 Å². The molecule has 1 aromatic carbocycles. The van der Waals surface area contributed by atoms with Crippen LogP contribution in [0.5, 0.6) is 0 Å². The van der Waals surface area contributed by atoms with E-state index in [4.69, 9.17) is 0 Å². The molecule has 0 aliphatic carbocycles. The van der Waals surface area contributed by atoms with E-state index < -0.39 is 0 Å². The quantitative estimate of drug-likeness (QED) is 0.367. The zero-order valence-corrected chi connectivity index (χ0v) is 10.6. The Kier molecular flexibility index (Phi) is 6.91. The van der Waals surface area contributed by atoms with E-state index in [0.29, 0.717) is 0 Å². The van der Waals surface area contributed by atoms with Crippen LogP contribution < -0.4 is 0 Å². The Morgan fingerprint density at radius 2 is 1.78 bits per heavy atom. The first-order chi connectivity index (χ1) is 8.84. The maximum atomic E-state index is 4.03. The fourth-order valence-corrected chi connectivity index (χ4v) is 1.44.